The highest BCUT2D eigenvalue weighted by Crippen LogP contribution is 2.26. The van der Waals surface area contributed by atoms with Crippen LogP contribution in [0.25, 0.3) is 0 Å². The van der Waals surface area contributed by atoms with E-state index in [9.17, 15) is 9.90 Å². The van der Waals surface area contributed by atoms with Crippen molar-refractivity contribution in [1.82, 2.24) is 5.16 Å². The summed E-state index contributed by atoms with van der Waals surface area (Å²) in [5, 5.41) is 24.1. The molecule has 0 spiro atoms. The normalized spacial score (nSPS) is 13.0. The molecule has 1 amide bonds. The van der Waals surface area contributed by atoms with Crippen molar-refractivity contribution in [3.63, 3.8) is 0 Å². The Morgan fingerprint density at radius 3 is 2.46 bits per heavy atom. The predicted octanol–water partition coefficient (Wildman–Crippen LogP) is 5.10. The fourth-order valence-corrected chi connectivity index (χ4v) is 2.19. The zero-order chi connectivity index (χ0) is 19.5. The van der Waals surface area contributed by atoms with E-state index in [0.717, 1.165) is 11.1 Å². The number of carbonyl (C=O) groups is 1. The molecule has 0 radical (unpaired) electrons. The quantitative estimate of drug-likeness (QED) is 0.452. The minimum absolute atomic E-state index is 0.190. The lowest BCUT2D eigenvalue weighted by molar-refractivity contribution is -0.113. The van der Waals surface area contributed by atoms with E-state index in [1.807, 2.05) is 46.8 Å². The first kappa shape index (κ1) is 19.4. The minimum atomic E-state index is -0.555. The number of aliphatic hydroxyl groups excluding tert-OH is 1. The number of aromatic nitrogens is 1. The lowest BCUT2D eigenvalue weighted by Crippen LogP contribution is -2.15. The van der Waals surface area contributed by atoms with Crippen LogP contribution in [0.1, 0.15) is 44.6 Å². The molecule has 2 N–H and O–H groups in total. The van der Waals surface area contributed by atoms with Crippen LogP contribution < -0.4 is 5.32 Å². The SMILES string of the molecule is C/C(O)=C(/N=Nc1cc(C(C)(C)C)on1)C(=O)Nc1ccc(C)cc1C. The molecule has 2 aromatic rings. The molecule has 0 fully saturated rings. The summed E-state index contributed by atoms with van der Waals surface area (Å²) in [5.41, 5.74) is 2.25. The number of nitrogens with zero attached hydrogens (tertiary/aromatic N) is 3. The Kier molecular flexibility index (Phi) is 5.59. The van der Waals surface area contributed by atoms with Crippen molar-refractivity contribution in [1.29, 1.82) is 0 Å². The topological polar surface area (TPSA) is 100 Å². The van der Waals surface area contributed by atoms with Crippen molar-refractivity contribution in [3.05, 3.63) is 52.6 Å². The van der Waals surface area contributed by atoms with E-state index in [-0.39, 0.29) is 22.7 Å². The summed E-state index contributed by atoms with van der Waals surface area (Å²) in [6, 6.07) is 7.30. The van der Waals surface area contributed by atoms with Gasteiger partial charge in [-0.25, -0.2) is 0 Å². The molecular weight excluding hydrogens is 332 g/mol. The van der Waals surface area contributed by atoms with Gasteiger partial charge in [-0.2, -0.15) is 0 Å². The number of hydrogen-bond acceptors (Lipinski definition) is 6. The van der Waals surface area contributed by atoms with Crippen LogP contribution in [-0.2, 0) is 10.2 Å². The predicted molar refractivity (Wildman–Crippen MR) is 99.6 cm³/mol. The molecule has 1 aromatic carbocycles. The number of rotatable bonds is 4. The van der Waals surface area contributed by atoms with Crippen LogP contribution in [0.4, 0.5) is 11.5 Å². The third kappa shape index (κ3) is 4.78. The molecule has 0 saturated carbocycles. The summed E-state index contributed by atoms with van der Waals surface area (Å²) in [7, 11) is 0. The molecular formula is C19H24N4O3. The second kappa shape index (κ2) is 7.51. The van der Waals surface area contributed by atoms with Gasteiger partial charge in [0.15, 0.2) is 5.70 Å². The van der Waals surface area contributed by atoms with Crippen molar-refractivity contribution < 1.29 is 14.4 Å². The summed E-state index contributed by atoms with van der Waals surface area (Å²) in [6.07, 6.45) is 0. The van der Waals surface area contributed by atoms with Crippen LogP contribution >= 0.6 is 0 Å². The first-order chi connectivity index (χ1) is 12.1. The lowest BCUT2D eigenvalue weighted by atomic mass is 9.93. The van der Waals surface area contributed by atoms with Gasteiger partial charge in [-0.15, -0.1) is 10.2 Å². The molecule has 0 aliphatic heterocycles. The highest BCUT2D eigenvalue weighted by Gasteiger charge is 2.20. The molecule has 0 saturated heterocycles. The van der Waals surface area contributed by atoms with Gasteiger partial charge in [0.2, 0.25) is 5.82 Å². The summed E-state index contributed by atoms with van der Waals surface area (Å²) in [6.45, 7) is 11.2. The average Bonchev–Trinajstić information content (AvgIpc) is 2.99. The number of nitrogens with one attached hydrogen (secondary N) is 1. The fraction of sp³-hybridized carbons (Fsp3) is 0.368. The van der Waals surface area contributed by atoms with E-state index in [1.54, 1.807) is 12.1 Å². The highest BCUT2D eigenvalue weighted by molar-refractivity contribution is 6.04. The smallest absolute Gasteiger partial charge is 0.279 e. The Morgan fingerprint density at radius 2 is 1.92 bits per heavy atom. The molecule has 138 valence electrons. The zero-order valence-electron chi connectivity index (χ0n) is 15.9. The Labute approximate surface area is 152 Å². The minimum Gasteiger partial charge on any atom is -0.510 e. The van der Waals surface area contributed by atoms with Crippen LogP contribution in [0, 0.1) is 13.8 Å². The second-order valence-corrected chi connectivity index (χ2v) is 7.21. The fourth-order valence-electron chi connectivity index (χ4n) is 2.19. The van der Waals surface area contributed by atoms with Crippen molar-refractivity contribution in [2.45, 2.75) is 47.0 Å². The van der Waals surface area contributed by atoms with Crippen LogP contribution in [0.3, 0.4) is 0 Å². The van der Waals surface area contributed by atoms with E-state index in [0.29, 0.717) is 11.4 Å². The van der Waals surface area contributed by atoms with Crippen molar-refractivity contribution in [3.8, 4) is 0 Å². The zero-order valence-corrected chi connectivity index (χ0v) is 15.9. The van der Waals surface area contributed by atoms with Gasteiger partial charge in [0, 0.05) is 17.2 Å². The number of azo groups is 1. The van der Waals surface area contributed by atoms with Gasteiger partial charge in [-0.1, -0.05) is 43.6 Å². The molecule has 0 unspecified atom stereocenters. The molecule has 2 rings (SSSR count). The van der Waals surface area contributed by atoms with E-state index in [2.05, 4.69) is 20.7 Å². The van der Waals surface area contributed by atoms with E-state index in [1.165, 1.54) is 6.92 Å². The van der Waals surface area contributed by atoms with E-state index < -0.39 is 5.91 Å². The lowest BCUT2D eigenvalue weighted by Gasteiger charge is -2.11. The van der Waals surface area contributed by atoms with Crippen LogP contribution in [0.15, 0.2) is 50.5 Å². The number of amides is 1. The maximum atomic E-state index is 12.5. The van der Waals surface area contributed by atoms with Gasteiger partial charge in [-0.3, -0.25) is 4.79 Å². The maximum absolute atomic E-state index is 12.5. The van der Waals surface area contributed by atoms with Crippen LogP contribution in [0.5, 0.6) is 0 Å². The van der Waals surface area contributed by atoms with Gasteiger partial charge in [0.25, 0.3) is 5.91 Å². The van der Waals surface area contributed by atoms with Gasteiger partial charge in [0.05, 0.1) is 0 Å². The molecule has 7 nitrogen and oxygen atoms in total. The Balaban J connectivity index is 2.20. The van der Waals surface area contributed by atoms with Gasteiger partial charge >= 0.3 is 0 Å². The first-order valence-electron chi connectivity index (χ1n) is 8.25. The molecule has 0 aliphatic carbocycles. The van der Waals surface area contributed by atoms with Gasteiger partial charge in [0.1, 0.15) is 11.5 Å². The molecule has 1 aromatic heterocycles. The molecule has 0 atom stereocenters. The van der Waals surface area contributed by atoms with Gasteiger partial charge in [-0.05, 0) is 32.4 Å². The van der Waals surface area contributed by atoms with Crippen LogP contribution in [-0.4, -0.2) is 16.2 Å². The van der Waals surface area contributed by atoms with E-state index >= 15 is 0 Å². The average molecular weight is 356 g/mol. The Morgan fingerprint density at radius 1 is 1.23 bits per heavy atom. The van der Waals surface area contributed by atoms with Crippen molar-refractivity contribution in [2.24, 2.45) is 10.2 Å². The molecule has 7 heteroatoms. The number of benzene rings is 1. The number of aryl methyl sites for hydroxylation is 2. The third-order valence-electron chi connectivity index (χ3n) is 3.68. The Bertz CT molecular complexity index is 869. The first-order valence-corrected chi connectivity index (χ1v) is 8.25. The summed E-state index contributed by atoms with van der Waals surface area (Å²) >= 11 is 0. The maximum Gasteiger partial charge on any atom is 0.279 e. The number of hydrogen-bond donors (Lipinski definition) is 2. The number of anilines is 1. The Hall–Kier alpha value is -2.96. The highest BCUT2D eigenvalue weighted by atomic mass is 16.5. The summed E-state index contributed by atoms with van der Waals surface area (Å²) < 4.78 is 5.22. The monoisotopic (exact) mass is 356 g/mol. The standard InChI is InChI=1S/C19H24N4O3/c1-11-7-8-14(12(2)9-11)20-18(25)17(13(3)24)22-21-16-10-15(26-23-16)19(4,5)6/h7-10,24H,1-6H3,(H,20,25)/b17-13-,22-21?. The molecule has 0 aliphatic rings. The van der Waals surface area contributed by atoms with Crippen molar-refractivity contribution >= 4 is 17.4 Å². The number of allylic oxidation sites excluding steroid dienone is 1. The van der Waals surface area contributed by atoms with Gasteiger partial charge < -0.3 is 14.9 Å². The summed E-state index contributed by atoms with van der Waals surface area (Å²) in [4.78, 5) is 12.5. The van der Waals surface area contributed by atoms with Crippen molar-refractivity contribution in [2.75, 3.05) is 5.32 Å². The molecule has 1 heterocycles. The van der Waals surface area contributed by atoms with E-state index in [4.69, 9.17) is 4.52 Å². The summed E-state index contributed by atoms with van der Waals surface area (Å²) in [5.74, 6) is 0.0845. The number of carbonyl (C=O) groups excluding carboxylic acids is 1. The van der Waals surface area contributed by atoms with Crippen LogP contribution in [0.2, 0.25) is 0 Å². The largest absolute Gasteiger partial charge is 0.510 e. The number of aliphatic hydroxyl groups is 1. The molecule has 26 heavy (non-hydrogen) atoms. The third-order valence-corrected chi connectivity index (χ3v) is 3.68. The second-order valence-electron chi connectivity index (χ2n) is 7.21. The molecule has 0 bridgehead atoms.